The normalized spacial score (nSPS) is 18.7. The molecule has 1 atom stereocenters. The lowest BCUT2D eigenvalue weighted by molar-refractivity contribution is -0.145. The Morgan fingerprint density at radius 3 is 2.37 bits per heavy atom. The highest BCUT2D eigenvalue weighted by atomic mass is 16.4. The molecule has 1 rings (SSSR count). The van der Waals surface area contributed by atoms with E-state index >= 15 is 0 Å². The van der Waals surface area contributed by atoms with Gasteiger partial charge in [-0.05, 0) is 32.7 Å². The number of hydrogen-bond acceptors (Lipinski definition) is 4. The molecular weight excluding hydrogens is 248 g/mol. The van der Waals surface area contributed by atoms with Crippen LogP contribution in [0.15, 0.2) is 0 Å². The Labute approximate surface area is 113 Å². The maximum absolute atomic E-state index is 11.4. The van der Waals surface area contributed by atoms with Gasteiger partial charge in [0.1, 0.15) is 5.54 Å². The van der Waals surface area contributed by atoms with Crippen LogP contribution in [0.25, 0.3) is 0 Å². The van der Waals surface area contributed by atoms with Crippen molar-refractivity contribution < 1.29 is 19.5 Å². The lowest BCUT2D eigenvalue weighted by Gasteiger charge is -2.26. The molecule has 2 amide bonds. The highest BCUT2D eigenvalue weighted by Gasteiger charge is 2.32. The lowest BCUT2D eigenvalue weighted by atomic mass is 9.95. The van der Waals surface area contributed by atoms with Gasteiger partial charge in [-0.15, -0.1) is 0 Å². The Morgan fingerprint density at radius 2 is 1.89 bits per heavy atom. The van der Waals surface area contributed by atoms with E-state index in [0.29, 0.717) is 45.2 Å². The van der Waals surface area contributed by atoms with Gasteiger partial charge in [0.05, 0.1) is 0 Å². The van der Waals surface area contributed by atoms with Gasteiger partial charge in [0.2, 0.25) is 11.8 Å². The van der Waals surface area contributed by atoms with E-state index in [1.165, 1.54) is 4.90 Å². The molecule has 0 spiro atoms. The number of carbonyl (C=O) groups excluding carboxylic acids is 2. The summed E-state index contributed by atoms with van der Waals surface area (Å²) in [4.78, 5) is 35.2. The molecule has 1 unspecified atom stereocenters. The molecule has 1 aliphatic rings. The zero-order valence-corrected chi connectivity index (χ0v) is 11.6. The fourth-order valence-electron chi connectivity index (χ4n) is 2.28. The van der Waals surface area contributed by atoms with Crippen molar-refractivity contribution in [1.82, 2.24) is 10.2 Å². The third kappa shape index (κ3) is 4.02. The second-order valence-electron chi connectivity index (χ2n) is 5.06. The molecule has 0 aromatic carbocycles. The SMILES string of the molecule is CCNC(C)(CCCCN1C(=O)CCC1=O)C(=O)O. The molecule has 108 valence electrons. The Morgan fingerprint density at radius 1 is 1.32 bits per heavy atom. The predicted molar refractivity (Wildman–Crippen MR) is 69.5 cm³/mol. The van der Waals surface area contributed by atoms with Crippen molar-refractivity contribution in [1.29, 1.82) is 0 Å². The van der Waals surface area contributed by atoms with Gasteiger partial charge in [-0.25, -0.2) is 0 Å². The molecule has 1 aliphatic heterocycles. The number of nitrogens with one attached hydrogen (secondary N) is 1. The van der Waals surface area contributed by atoms with E-state index in [1.807, 2.05) is 6.92 Å². The first-order valence-electron chi connectivity index (χ1n) is 6.72. The molecule has 1 heterocycles. The highest BCUT2D eigenvalue weighted by molar-refractivity contribution is 6.01. The monoisotopic (exact) mass is 270 g/mol. The summed E-state index contributed by atoms with van der Waals surface area (Å²) < 4.78 is 0. The maximum Gasteiger partial charge on any atom is 0.323 e. The molecule has 0 saturated carbocycles. The van der Waals surface area contributed by atoms with Gasteiger partial charge in [-0.2, -0.15) is 0 Å². The largest absolute Gasteiger partial charge is 0.480 e. The van der Waals surface area contributed by atoms with Crippen LogP contribution < -0.4 is 5.32 Å². The van der Waals surface area contributed by atoms with Crippen LogP contribution in [0, 0.1) is 0 Å². The van der Waals surface area contributed by atoms with Crippen molar-refractivity contribution >= 4 is 17.8 Å². The number of likely N-dealkylation sites (tertiary alicyclic amines) is 1. The summed E-state index contributed by atoms with van der Waals surface area (Å²) in [6, 6.07) is 0. The third-order valence-corrected chi connectivity index (χ3v) is 3.50. The van der Waals surface area contributed by atoms with E-state index in [0.717, 1.165) is 0 Å². The first-order valence-corrected chi connectivity index (χ1v) is 6.72. The van der Waals surface area contributed by atoms with Crippen LogP contribution in [-0.4, -0.2) is 46.4 Å². The van der Waals surface area contributed by atoms with Crippen LogP contribution in [0.2, 0.25) is 0 Å². The number of amides is 2. The van der Waals surface area contributed by atoms with Crippen LogP contribution >= 0.6 is 0 Å². The zero-order valence-electron chi connectivity index (χ0n) is 11.6. The van der Waals surface area contributed by atoms with Crippen molar-refractivity contribution in [2.45, 2.75) is 51.5 Å². The summed E-state index contributed by atoms with van der Waals surface area (Å²) >= 11 is 0. The summed E-state index contributed by atoms with van der Waals surface area (Å²) in [5.41, 5.74) is -0.937. The number of carboxylic acids is 1. The Balaban J connectivity index is 2.35. The summed E-state index contributed by atoms with van der Waals surface area (Å²) in [7, 11) is 0. The predicted octanol–water partition coefficient (Wildman–Crippen LogP) is 0.758. The average molecular weight is 270 g/mol. The smallest absolute Gasteiger partial charge is 0.323 e. The van der Waals surface area contributed by atoms with Crippen LogP contribution in [0.4, 0.5) is 0 Å². The molecule has 6 heteroatoms. The van der Waals surface area contributed by atoms with Crippen molar-refractivity contribution in [3.05, 3.63) is 0 Å². The van der Waals surface area contributed by atoms with Gasteiger partial charge in [-0.1, -0.05) is 6.92 Å². The van der Waals surface area contributed by atoms with Crippen molar-refractivity contribution in [3.8, 4) is 0 Å². The second kappa shape index (κ2) is 6.65. The number of rotatable bonds is 8. The molecule has 6 nitrogen and oxygen atoms in total. The fraction of sp³-hybridized carbons (Fsp3) is 0.769. The van der Waals surface area contributed by atoms with Gasteiger partial charge in [-0.3, -0.25) is 19.3 Å². The Kier molecular flexibility index (Phi) is 5.47. The molecular formula is C13H22N2O4. The molecule has 19 heavy (non-hydrogen) atoms. The molecule has 2 N–H and O–H groups in total. The van der Waals surface area contributed by atoms with Gasteiger partial charge >= 0.3 is 5.97 Å². The second-order valence-corrected chi connectivity index (χ2v) is 5.06. The highest BCUT2D eigenvalue weighted by Crippen LogP contribution is 2.17. The van der Waals surface area contributed by atoms with E-state index in [4.69, 9.17) is 0 Å². The Hall–Kier alpha value is -1.43. The van der Waals surface area contributed by atoms with Gasteiger partial charge in [0, 0.05) is 19.4 Å². The lowest BCUT2D eigenvalue weighted by Crippen LogP contribution is -2.49. The standard InChI is InChI=1S/C13H22N2O4/c1-3-14-13(2,12(18)19)8-4-5-9-15-10(16)6-7-11(15)17/h14H,3-9H2,1-2H3,(H,18,19). The minimum atomic E-state index is -0.937. The summed E-state index contributed by atoms with van der Waals surface area (Å²) in [6.07, 6.45) is 2.40. The first-order chi connectivity index (χ1) is 8.90. The van der Waals surface area contributed by atoms with Crippen LogP contribution in [0.5, 0.6) is 0 Å². The fourth-order valence-corrected chi connectivity index (χ4v) is 2.28. The van der Waals surface area contributed by atoms with E-state index in [2.05, 4.69) is 5.32 Å². The van der Waals surface area contributed by atoms with E-state index in [9.17, 15) is 19.5 Å². The first kappa shape index (κ1) is 15.6. The zero-order chi connectivity index (χ0) is 14.5. The number of carbonyl (C=O) groups is 3. The van der Waals surface area contributed by atoms with Crippen LogP contribution in [0.1, 0.15) is 46.0 Å². The molecule has 0 bridgehead atoms. The van der Waals surface area contributed by atoms with E-state index in [-0.39, 0.29) is 11.8 Å². The number of likely N-dealkylation sites (N-methyl/N-ethyl adjacent to an activating group) is 1. The number of imide groups is 1. The van der Waals surface area contributed by atoms with Crippen molar-refractivity contribution in [3.63, 3.8) is 0 Å². The molecule has 0 aromatic rings. The van der Waals surface area contributed by atoms with Gasteiger partial charge in [0.25, 0.3) is 0 Å². The molecule has 0 aliphatic carbocycles. The minimum Gasteiger partial charge on any atom is -0.480 e. The quantitative estimate of drug-likeness (QED) is 0.502. The summed E-state index contributed by atoms with van der Waals surface area (Å²) in [5.74, 6) is -1.10. The Bertz CT molecular complexity index is 354. The van der Waals surface area contributed by atoms with Crippen molar-refractivity contribution in [2.24, 2.45) is 0 Å². The third-order valence-electron chi connectivity index (χ3n) is 3.50. The summed E-state index contributed by atoms with van der Waals surface area (Å²) in [5, 5.41) is 12.1. The summed E-state index contributed by atoms with van der Waals surface area (Å²) in [6.45, 7) is 4.51. The molecule has 0 aromatic heterocycles. The average Bonchev–Trinajstić information content (AvgIpc) is 2.65. The molecule has 1 fully saturated rings. The van der Waals surface area contributed by atoms with Gasteiger partial charge < -0.3 is 10.4 Å². The molecule has 0 radical (unpaired) electrons. The van der Waals surface area contributed by atoms with Crippen LogP contribution in [0.3, 0.4) is 0 Å². The van der Waals surface area contributed by atoms with Gasteiger partial charge in [0.15, 0.2) is 0 Å². The van der Waals surface area contributed by atoms with Crippen molar-refractivity contribution in [2.75, 3.05) is 13.1 Å². The number of hydrogen-bond donors (Lipinski definition) is 2. The van der Waals surface area contributed by atoms with E-state index < -0.39 is 11.5 Å². The maximum atomic E-state index is 11.4. The van der Waals surface area contributed by atoms with Crippen LogP contribution in [-0.2, 0) is 14.4 Å². The topological polar surface area (TPSA) is 86.7 Å². The number of aliphatic carboxylic acids is 1. The van der Waals surface area contributed by atoms with E-state index in [1.54, 1.807) is 6.92 Å². The minimum absolute atomic E-state index is 0.113. The number of unbranched alkanes of at least 4 members (excludes halogenated alkanes) is 1. The number of carboxylic acid groups (broad SMARTS) is 1. The molecule has 1 saturated heterocycles. The number of nitrogens with zero attached hydrogens (tertiary/aromatic N) is 1.